The first-order valence-electron chi connectivity index (χ1n) is 8.77. The van der Waals surface area contributed by atoms with Crippen molar-refractivity contribution in [2.24, 2.45) is 0 Å². The Kier molecular flexibility index (Phi) is 5.78. The molecule has 1 aliphatic heterocycles. The Hall–Kier alpha value is -3.14. The molecule has 1 fully saturated rings. The van der Waals surface area contributed by atoms with E-state index in [1.54, 1.807) is 12.1 Å². The molecular weight excluding hydrogens is 371 g/mol. The molecule has 2 heterocycles. The normalized spacial score (nSPS) is 14.2. The average Bonchev–Trinajstić information content (AvgIpc) is 3.06. The molecule has 2 amide bonds. The fraction of sp³-hybridized carbons (Fsp3) is 0.389. The highest BCUT2D eigenvalue weighted by atomic mass is 19.1. The van der Waals surface area contributed by atoms with E-state index in [4.69, 9.17) is 9.63 Å². The van der Waals surface area contributed by atoms with Gasteiger partial charge in [0.25, 0.3) is 0 Å². The van der Waals surface area contributed by atoms with Gasteiger partial charge in [-0.2, -0.15) is 4.74 Å². The Bertz CT molecular complexity index is 930. The van der Waals surface area contributed by atoms with Crippen molar-refractivity contribution in [2.75, 3.05) is 37.7 Å². The van der Waals surface area contributed by atoms with Gasteiger partial charge in [-0.25, -0.2) is 9.18 Å². The number of piperazine rings is 1. The number of hydrogen-bond acceptors (Lipinski definition) is 6. The van der Waals surface area contributed by atoms with Crippen LogP contribution >= 0.6 is 0 Å². The van der Waals surface area contributed by atoms with Gasteiger partial charge in [0.05, 0.1) is 17.4 Å². The molecule has 1 aromatic carbocycles. The maximum Gasteiger partial charge on any atom is 0.365 e. The van der Waals surface area contributed by atoms with Crippen LogP contribution in [-0.4, -0.2) is 59.3 Å². The van der Waals surface area contributed by atoms with Crippen molar-refractivity contribution in [3.05, 3.63) is 40.6 Å². The monoisotopic (exact) mass is 392 g/mol. The van der Waals surface area contributed by atoms with E-state index in [0.717, 1.165) is 0 Å². The number of anilines is 1. The molecule has 0 spiro atoms. The smallest absolute Gasteiger partial charge is 0.365 e. The zero-order chi connectivity index (χ0) is 20.3. The molecule has 0 atom stereocenters. The number of carbonyl (C=O) groups excluding carboxylic acids is 2. The number of benzene rings is 1. The topological polar surface area (TPSA) is 108 Å². The molecule has 0 bridgehead atoms. The number of nitrogens with zero attached hydrogens (tertiary/aromatic N) is 3. The van der Waals surface area contributed by atoms with Gasteiger partial charge in [-0.05, 0) is 17.7 Å². The summed E-state index contributed by atoms with van der Waals surface area (Å²) in [6.45, 7) is 2.49. The van der Waals surface area contributed by atoms with Crippen LogP contribution in [0.25, 0.3) is 11.1 Å². The van der Waals surface area contributed by atoms with Gasteiger partial charge in [-0.1, -0.05) is 6.07 Å². The summed E-state index contributed by atoms with van der Waals surface area (Å²) in [7, 11) is 0. The van der Waals surface area contributed by atoms with Crippen molar-refractivity contribution >= 4 is 17.5 Å². The number of amides is 2. The fourth-order valence-electron chi connectivity index (χ4n) is 3.07. The predicted molar refractivity (Wildman–Crippen MR) is 98.1 cm³/mol. The third-order valence-electron chi connectivity index (χ3n) is 4.54. The summed E-state index contributed by atoms with van der Waals surface area (Å²) in [5.74, 6) is -1.10. The maximum atomic E-state index is 14.7. The van der Waals surface area contributed by atoms with Crippen molar-refractivity contribution < 1.29 is 23.6 Å². The van der Waals surface area contributed by atoms with Crippen LogP contribution in [0.5, 0.6) is 0 Å². The summed E-state index contributed by atoms with van der Waals surface area (Å²) < 4.78 is 20.9. The SMILES string of the molecule is CC(=O)NCn1cc(-c2ccc(N3CCN(C(=O)CO)CC3)c(F)c2)c(=O)o1. The van der Waals surface area contributed by atoms with Crippen LogP contribution in [0, 0.1) is 5.82 Å². The van der Waals surface area contributed by atoms with Crippen molar-refractivity contribution in [1.29, 1.82) is 0 Å². The molecule has 0 saturated carbocycles. The van der Waals surface area contributed by atoms with Crippen LogP contribution < -0.4 is 15.8 Å². The van der Waals surface area contributed by atoms with Gasteiger partial charge in [-0.3, -0.25) is 9.59 Å². The molecule has 1 aliphatic rings. The molecule has 2 N–H and O–H groups in total. The van der Waals surface area contributed by atoms with E-state index < -0.39 is 18.0 Å². The molecule has 0 aliphatic carbocycles. The van der Waals surface area contributed by atoms with Crippen LogP contribution in [-0.2, 0) is 16.3 Å². The van der Waals surface area contributed by atoms with E-state index in [0.29, 0.717) is 37.4 Å². The second-order valence-corrected chi connectivity index (χ2v) is 6.42. The van der Waals surface area contributed by atoms with E-state index in [1.165, 1.54) is 28.8 Å². The second kappa shape index (κ2) is 8.26. The second-order valence-electron chi connectivity index (χ2n) is 6.42. The van der Waals surface area contributed by atoms with Crippen LogP contribution in [0.2, 0.25) is 0 Å². The summed E-state index contributed by atoms with van der Waals surface area (Å²) in [6, 6.07) is 4.47. The number of hydrogen-bond donors (Lipinski definition) is 2. The third-order valence-corrected chi connectivity index (χ3v) is 4.54. The fourth-order valence-corrected chi connectivity index (χ4v) is 3.07. The number of aromatic nitrogens is 1. The largest absolute Gasteiger partial charge is 0.387 e. The number of nitrogens with one attached hydrogen (secondary N) is 1. The van der Waals surface area contributed by atoms with Gasteiger partial charge in [0, 0.05) is 33.1 Å². The summed E-state index contributed by atoms with van der Waals surface area (Å²) >= 11 is 0. The van der Waals surface area contributed by atoms with E-state index in [1.807, 2.05) is 4.90 Å². The Morgan fingerprint density at radius 1 is 1.25 bits per heavy atom. The van der Waals surface area contributed by atoms with Crippen LogP contribution in [0.1, 0.15) is 6.92 Å². The highest BCUT2D eigenvalue weighted by Gasteiger charge is 2.23. The molecule has 3 rings (SSSR count). The lowest BCUT2D eigenvalue weighted by atomic mass is 10.1. The van der Waals surface area contributed by atoms with E-state index >= 15 is 0 Å². The van der Waals surface area contributed by atoms with Gasteiger partial charge >= 0.3 is 5.63 Å². The van der Waals surface area contributed by atoms with Crippen LogP contribution in [0.4, 0.5) is 10.1 Å². The van der Waals surface area contributed by atoms with Crippen molar-refractivity contribution in [3.8, 4) is 11.1 Å². The molecule has 10 heteroatoms. The van der Waals surface area contributed by atoms with Gasteiger partial charge in [-0.15, -0.1) is 0 Å². The lowest BCUT2D eigenvalue weighted by molar-refractivity contribution is -0.134. The molecule has 0 radical (unpaired) electrons. The first-order valence-corrected chi connectivity index (χ1v) is 8.77. The van der Waals surface area contributed by atoms with Crippen molar-refractivity contribution in [1.82, 2.24) is 15.0 Å². The highest BCUT2D eigenvalue weighted by Crippen LogP contribution is 2.26. The van der Waals surface area contributed by atoms with Gasteiger partial charge in [0.2, 0.25) is 11.8 Å². The van der Waals surface area contributed by atoms with Gasteiger partial charge in [0.1, 0.15) is 19.1 Å². The molecular formula is C18H21FN4O5. The Labute approximate surface area is 159 Å². The standard InChI is InChI=1S/C18H21FN4O5/c1-12(25)20-11-23-9-14(18(27)28-23)13-2-3-16(15(19)8-13)21-4-6-22(7-5-21)17(26)10-24/h2-3,8-9,24H,4-7,10-11H2,1H3,(H,20,25). The first-order chi connectivity index (χ1) is 13.4. The zero-order valence-electron chi connectivity index (χ0n) is 15.4. The molecule has 9 nitrogen and oxygen atoms in total. The first kappa shape index (κ1) is 19.6. The summed E-state index contributed by atoms with van der Waals surface area (Å²) in [6.07, 6.45) is 1.41. The van der Waals surface area contributed by atoms with E-state index in [-0.39, 0.29) is 24.0 Å². The van der Waals surface area contributed by atoms with Crippen LogP contribution in [0.3, 0.4) is 0 Å². The Morgan fingerprint density at radius 2 is 1.96 bits per heavy atom. The molecule has 1 saturated heterocycles. The lowest BCUT2D eigenvalue weighted by Gasteiger charge is -2.36. The molecule has 150 valence electrons. The maximum absolute atomic E-state index is 14.7. The molecule has 1 aromatic heterocycles. The minimum atomic E-state index is -0.631. The van der Waals surface area contributed by atoms with Gasteiger partial charge in [0.15, 0.2) is 0 Å². The lowest BCUT2D eigenvalue weighted by Crippen LogP contribution is -2.49. The highest BCUT2D eigenvalue weighted by molar-refractivity contribution is 5.77. The summed E-state index contributed by atoms with van der Waals surface area (Å²) in [5, 5.41) is 11.4. The predicted octanol–water partition coefficient (Wildman–Crippen LogP) is -0.0181. The number of aliphatic hydroxyl groups excluding tert-OH is 1. The molecule has 0 unspecified atom stereocenters. The Balaban J connectivity index is 1.74. The number of halogens is 1. The van der Waals surface area contributed by atoms with Gasteiger partial charge < -0.3 is 24.7 Å². The van der Waals surface area contributed by atoms with Crippen molar-refractivity contribution in [3.63, 3.8) is 0 Å². The number of aliphatic hydroxyl groups is 1. The number of rotatable bonds is 5. The van der Waals surface area contributed by atoms with E-state index in [9.17, 15) is 18.8 Å². The average molecular weight is 392 g/mol. The Morgan fingerprint density at radius 3 is 2.57 bits per heavy atom. The van der Waals surface area contributed by atoms with Crippen LogP contribution in [0.15, 0.2) is 33.7 Å². The number of carbonyl (C=O) groups is 2. The third kappa shape index (κ3) is 4.22. The summed E-state index contributed by atoms with van der Waals surface area (Å²) in [5.41, 5.74) is 0.301. The molecule has 2 aromatic rings. The molecule has 28 heavy (non-hydrogen) atoms. The zero-order valence-corrected chi connectivity index (χ0v) is 15.4. The minimum Gasteiger partial charge on any atom is -0.387 e. The quantitative estimate of drug-likeness (QED) is 0.741. The van der Waals surface area contributed by atoms with E-state index in [2.05, 4.69) is 5.32 Å². The van der Waals surface area contributed by atoms with Crippen molar-refractivity contribution in [2.45, 2.75) is 13.6 Å². The minimum absolute atomic E-state index is 0.00196. The summed E-state index contributed by atoms with van der Waals surface area (Å²) in [4.78, 5) is 37.8.